The summed E-state index contributed by atoms with van der Waals surface area (Å²) in [6, 6.07) is 5.62. The Morgan fingerprint density at radius 3 is 2.75 bits per heavy atom. The second-order valence-electron chi connectivity index (χ2n) is 3.21. The Hall–Kier alpha value is -1.97. The van der Waals surface area contributed by atoms with Crippen LogP contribution >= 0.6 is 0 Å². The maximum absolute atomic E-state index is 13.5. The summed E-state index contributed by atoms with van der Waals surface area (Å²) in [5.74, 6) is -1.25. The highest BCUT2D eigenvalue weighted by molar-refractivity contribution is 5.64. The standard InChI is InChI=1S/C12H9F2NO/c1-16-9-5-8(6-15-7-9)10-3-2-4-11(13)12(10)14/h2-7H,1H3. The van der Waals surface area contributed by atoms with Gasteiger partial charge in [0.1, 0.15) is 5.75 Å². The zero-order chi connectivity index (χ0) is 11.5. The average Bonchev–Trinajstić information content (AvgIpc) is 2.33. The lowest BCUT2D eigenvalue weighted by molar-refractivity contribution is 0.413. The molecule has 0 spiro atoms. The first-order chi connectivity index (χ1) is 7.72. The van der Waals surface area contributed by atoms with E-state index in [1.54, 1.807) is 6.07 Å². The van der Waals surface area contributed by atoms with Crippen molar-refractivity contribution in [2.45, 2.75) is 0 Å². The van der Waals surface area contributed by atoms with Crippen molar-refractivity contribution in [2.75, 3.05) is 7.11 Å². The number of ether oxygens (including phenoxy) is 1. The summed E-state index contributed by atoms with van der Waals surface area (Å²) in [5, 5.41) is 0. The molecule has 1 aromatic heterocycles. The summed E-state index contributed by atoms with van der Waals surface area (Å²) in [6.07, 6.45) is 2.96. The van der Waals surface area contributed by atoms with E-state index in [1.807, 2.05) is 0 Å². The van der Waals surface area contributed by atoms with Crippen molar-refractivity contribution in [2.24, 2.45) is 0 Å². The normalized spacial score (nSPS) is 10.2. The van der Waals surface area contributed by atoms with E-state index in [2.05, 4.69) is 4.98 Å². The lowest BCUT2D eigenvalue weighted by Gasteiger charge is -2.05. The Morgan fingerprint density at radius 1 is 1.19 bits per heavy atom. The fraction of sp³-hybridized carbons (Fsp3) is 0.0833. The van der Waals surface area contributed by atoms with Crippen LogP contribution in [0.2, 0.25) is 0 Å². The molecule has 0 aliphatic heterocycles. The predicted molar refractivity (Wildman–Crippen MR) is 56.1 cm³/mol. The molecule has 0 radical (unpaired) electrons. The third-order valence-electron chi connectivity index (χ3n) is 2.21. The summed E-state index contributed by atoms with van der Waals surface area (Å²) < 4.78 is 31.5. The Bertz CT molecular complexity index is 514. The zero-order valence-corrected chi connectivity index (χ0v) is 8.58. The topological polar surface area (TPSA) is 22.1 Å². The SMILES string of the molecule is COc1cncc(-c2cccc(F)c2F)c1. The molecule has 0 fully saturated rings. The molecule has 0 bridgehead atoms. The molecule has 0 unspecified atom stereocenters. The molecule has 0 saturated carbocycles. The van der Waals surface area contributed by atoms with Crippen molar-refractivity contribution in [1.29, 1.82) is 0 Å². The van der Waals surface area contributed by atoms with E-state index in [4.69, 9.17) is 4.74 Å². The summed E-state index contributed by atoms with van der Waals surface area (Å²) in [7, 11) is 1.49. The van der Waals surface area contributed by atoms with Crippen LogP contribution in [0.25, 0.3) is 11.1 Å². The monoisotopic (exact) mass is 221 g/mol. The molecule has 2 nitrogen and oxygen atoms in total. The highest BCUT2D eigenvalue weighted by atomic mass is 19.2. The van der Waals surface area contributed by atoms with Gasteiger partial charge in [-0.2, -0.15) is 0 Å². The molecule has 4 heteroatoms. The maximum atomic E-state index is 13.5. The molecule has 0 N–H and O–H groups in total. The van der Waals surface area contributed by atoms with Gasteiger partial charge in [0.15, 0.2) is 11.6 Å². The van der Waals surface area contributed by atoms with E-state index in [0.717, 1.165) is 6.07 Å². The molecule has 0 amide bonds. The molecule has 2 aromatic rings. The van der Waals surface area contributed by atoms with Crippen LogP contribution in [0.4, 0.5) is 8.78 Å². The van der Waals surface area contributed by atoms with Crippen LogP contribution in [0.15, 0.2) is 36.7 Å². The van der Waals surface area contributed by atoms with Gasteiger partial charge >= 0.3 is 0 Å². The summed E-state index contributed by atoms with van der Waals surface area (Å²) in [6.45, 7) is 0. The van der Waals surface area contributed by atoms with Crippen LogP contribution < -0.4 is 4.74 Å². The minimum Gasteiger partial charge on any atom is -0.495 e. The lowest BCUT2D eigenvalue weighted by atomic mass is 10.1. The molecule has 2 rings (SSSR count). The maximum Gasteiger partial charge on any atom is 0.166 e. The first-order valence-corrected chi connectivity index (χ1v) is 4.66. The van der Waals surface area contributed by atoms with Crippen molar-refractivity contribution >= 4 is 0 Å². The number of rotatable bonds is 2. The molecule has 1 heterocycles. The van der Waals surface area contributed by atoms with E-state index < -0.39 is 11.6 Å². The first kappa shape index (κ1) is 10.5. The second kappa shape index (κ2) is 4.26. The van der Waals surface area contributed by atoms with Gasteiger partial charge in [0, 0.05) is 17.3 Å². The molecular weight excluding hydrogens is 212 g/mol. The fourth-order valence-electron chi connectivity index (χ4n) is 1.40. The van der Waals surface area contributed by atoms with E-state index >= 15 is 0 Å². The predicted octanol–water partition coefficient (Wildman–Crippen LogP) is 3.04. The average molecular weight is 221 g/mol. The number of nitrogens with zero attached hydrogens (tertiary/aromatic N) is 1. The van der Waals surface area contributed by atoms with Gasteiger partial charge in [0.2, 0.25) is 0 Å². The smallest absolute Gasteiger partial charge is 0.166 e. The van der Waals surface area contributed by atoms with Crippen LogP contribution in [0.3, 0.4) is 0 Å². The number of halogens is 2. The quantitative estimate of drug-likeness (QED) is 0.777. The molecule has 16 heavy (non-hydrogen) atoms. The fourth-order valence-corrected chi connectivity index (χ4v) is 1.40. The van der Waals surface area contributed by atoms with E-state index in [9.17, 15) is 8.78 Å². The van der Waals surface area contributed by atoms with Crippen molar-refractivity contribution < 1.29 is 13.5 Å². The summed E-state index contributed by atoms with van der Waals surface area (Å²) >= 11 is 0. The third-order valence-corrected chi connectivity index (χ3v) is 2.21. The number of pyridine rings is 1. The van der Waals surface area contributed by atoms with Gasteiger partial charge < -0.3 is 4.74 Å². The number of aromatic nitrogens is 1. The van der Waals surface area contributed by atoms with Crippen LogP contribution in [0, 0.1) is 11.6 Å². The molecule has 82 valence electrons. The number of hydrogen-bond acceptors (Lipinski definition) is 2. The van der Waals surface area contributed by atoms with Gasteiger partial charge in [-0.15, -0.1) is 0 Å². The van der Waals surface area contributed by atoms with Gasteiger partial charge in [-0.25, -0.2) is 8.78 Å². The van der Waals surface area contributed by atoms with Crippen LogP contribution in [-0.4, -0.2) is 12.1 Å². The molecule has 0 atom stereocenters. The van der Waals surface area contributed by atoms with Crippen LogP contribution in [-0.2, 0) is 0 Å². The number of benzene rings is 1. The van der Waals surface area contributed by atoms with Gasteiger partial charge in [-0.3, -0.25) is 4.98 Å². The van der Waals surface area contributed by atoms with Crippen LogP contribution in [0.5, 0.6) is 5.75 Å². The minimum atomic E-state index is -0.877. The van der Waals surface area contributed by atoms with Gasteiger partial charge in [0.25, 0.3) is 0 Å². The lowest BCUT2D eigenvalue weighted by Crippen LogP contribution is -1.91. The molecule has 0 aliphatic rings. The van der Waals surface area contributed by atoms with E-state index in [1.165, 1.54) is 31.6 Å². The number of hydrogen-bond donors (Lipinski definition) is 0. The Kier molecular flexibility index (Phi) is 2.81. The molecular formula is C12H9F2NO. The van der Waals surface area contributed by atoms with Gasteiger partial charge in [-0.1, -0.05) is 12.1 Å². The first-order valence-electron chi connectivity index (χ1n) is 4.66. The van der Waals surface area contributed by atoms with Crippen molar-refractivity contribution in [3.05, 3.63) is 48.3 Å². The van der Waals surface area contributed by atoms with Crippen molar-refractivity contribution in [3.63, 3.8) is 0 Å². The Balaban J connectivity index is 2.54. The van der Waals surface area contributed by atoms with Gasteiger partial charge in [-0.05, 0) is 12.1 Å². The number of methoxy groups -OCH3 is 1. The Morgan fingerprint density at radius 2 is 2.00 bits per heavy atom. The molecule has 1 aromatic carbocycles. The van der Waals surface area contributed by atoms with Gasteiger partial charge in [0.05, 0.1) is 13.3 Å². The largest absolute Gasteiger partial charge is 0.495 e. The summed E-state index contributed by atoms with van der Waals surface area (Å²) in [5.41, 5.74) is 0.655. The highest BCUT2D eigenvalue weighted by Gasteiger charge is 2.10. The zero-order valence-electron chi connectivity index (χ0n) is 8.58. The third kappa shape index (κ3) is 1.86. The van der Waals surface area contributed by atoms with Crippen LogP contribution in [0.1, 0.15) is 0 Å². The molecule has 0 saturated heterocycles. The minimum absolute atomic E-state index is 0.173. The highest BCUT2D eigenvalue weighted by Crippen LogP contribution is 2.26. The Labute approximate surface area is 91.5 Å². The van der Waals surface area contributed by atoms with E-state index in [0.29, 0.717) is 11.3 Å². The van der Waals surface area contributed by atoms with Crippen molar-refractivity contribution in [1.82, 2.24) is 4.98 Å². The molecule has 0 aliphatic carbocycles. The summed E-state index contributed by atoms with van der Waals surface area (Å²) in [4.78, 5) is 3.89. The van der Waals surface area contributed by atoms with Crippen molar-refractivity contribution in [3.8, 4) is 16.9 Å². The van der Waals surface area contributed by atoms with E-state index in [-0.39, 0.29) is 5.56 Å². The second-order valence-corrected chi connectivity index (χ2v) is 3.21.